The molecule has 1 amide bonds. The van der Waals surface area contributed by atoms with Crippen molar-refractivity contribution >= 4 is 5.91 Å². The van der Waals surface area contributed by atoms with Crippen molar-refractivity contribution in [1.82, 2.24) is 5.32 Å². The monoisotopic (exact) mass is 1070 g/mol. The van der Waals surface area contributed by atoms with E-state index in [1.165, 1.54) is 51.4 Å². The summed E-state index contributed by atoms with van der Waals surface area (Å²) >= 11 is 0. The zero-order valence-corrected chi connectivity index (χ0v) is 44.5. The molecular formula is C56H95NO18. The van der Waals surface area contributed by atoms with Gasteiger partial charge in [0, 0.05) is 6.42 Å². The number of carbonyl (C=O) groups excluding carboxylic acids is 1. The van der Waals surface area contributed by atoms with Crippen molar-refractivity contribution in [3.63, 3.8) is 0 Å². The Kier molecular flexibility index (Phi) is 35.1. The van der Waals surface area contributed by atoms with Crippen LogP contribution >= 0.6 is 0 Å². The number of hydrogen-bond donors (Lipinski definition) is 12. The molecule has 0 aromatic rings. The van der Waals surface area contributed by atoms with Gasteiger partial charge < -0.3 is 89.9 Å². The van der Waals surface area contributed by atoms with Gasteiger partial charge in [-0.2, -0.15) is 0 Å². The fourth-order valence-electron chi connectivity index (χ4n) is 8.93. The van der Waals surface area contributed by atoms with Gasteiger partial charge in [0.1, 0.15) is 73.2 Å². The van der Waals surface area contributed by atoms with Gasteiger partial charge in [-0.15, -0.1) is 0 Å². The molecule has 3 aliphatic heterocycles. The predicted octanol–water partition coefficient (Wildman–Crippen LogP) is 3.48. The number of aliphatic hydroxyl groups excluding tert-OH is 11. The highest BCUT2D eigenvalue weighted by molar-refractivity contribution is 5.76. The molecule has 12 N–H and O–H groups in total. The Labute approximate surface area is 445 Å². The quantitative estimate of drug-likeness (QED) is 0.0311. The van der Waals surface area contributed by atoms with E-state index in [4.69, 9.17) is 28.4 Å². The first kappa shape index (κ1) is 66.5. The lowest BCUT2D eigenvalue weighted by molar-refractivity contribution is -0.379. The number of aliphatic hydroxyl groups is 11. The zero-order valence-electron chi connectivity index (χ0n) is 44.5. The van der Waals surface area contributed by atoms with Crippen molar-refractivity contribution in [2.45, 2.75) is 247 Å². The number of unbranched alkanes of at least 4 members (excludes halogenated alkanes) is 12. The van der Waals surface area contributed by atoms with Crippen LogP contribution in [-0.2, 0) is 33.2 Å². The SMILES string of the molecule is CC/C=C\C/C=C\C/C=C\C/C=C\C/C=C\CCCC(=O)NC(COC1OC(CO)C(OC2OC(CO)C(OC3OC(CO)C(O)C(O)C3O)C(O)C2O)C(O)C1O)C(O)/C=C/CCCCCCCCCCCCC. The Hall–Kier alpha value is -2.77. The maximum Gasteiger partial charge on any atom is 0.220 e. The minimum atomic E-state index is -1.98. The van der Waals surface area contributed by atoms with E-state index < -0.39 is 124 Å². The molecule has 3 aliphatic rings. The second-order valence-electron chi connectivity index (χ2n) is 19.7. The van der Waals surface area contributed by atoms with Crippen molar-refractivity contribution in [2.24, 2.45) is 0 Å². The van der Waals surface area contributed by atoms with Gasteiger partial charge in [-0.05, 0) is 57.8 Å². The molecule has 17 atom stereocenters. The first-order valence-electron chi connectivity index (χ1n) is 27.7. The summed E-state index contributed by atoms with van der Waals surface area (Å²) in [6.07, 6.45) is 17.6. The first-order chi connectivity index (χ1) is 36.3. The molecule has 19 nitrogen and oxygen atoms in total. The van der Waals surface area contributed by atoms with Crippen LogP contribution in [0.25, 0.3) is 0 Å². The standard InChI is InChI=1S/C56H95NO18/c1-3-5-7-9-11-13-15-17-18-19-20-22-24-26-28-30-32-34-44(62)57-39(40(61)33-31-29-27-25-23-21-16-14-12-10-8-6-4-2)38-70-54-50(68)47(65)52(42(36-59)72-54)75-56-51(69)48(66)53(43(37-60)73-56)74-55-49(67)46(64)45(63)41(35-58)71-55/h5,7,11,13,17-18,20,22,26,28,31,33,39-43,45-56,58-61,63-69H,3-4,6,8-10,12,14-16,19,21,23-25,27,29-30,32,34-38H2,1-2H3,(H,57,62)/b7-5-,13-11-,18-17-,22-20-,28-26-,33-31+. The average Bonchev–Trinajstić information content (AvgIpc) is 3.41. The molecule has 3 heterocycles. The van der Waals surface area contributed by atoms with Crippen LogP contribution in [0.4, 0.5) is 0 Å². The van der Waals surface area contributed by atoms with E-state index in [2.05, 4.69) is 67.8 Å². The molecule has 432 valence electrons. The summed E-state index contributed by atoms with van der Waals surface area (Å²) in [6, 6.07) is -1.00. The molecule has 0 bridgehead atoms. The number of ether oxygens (including phenoxy) is 6. The lowest BCUT2D eigenvalue weighted by Gasteiger charge is -2.48. The first-order valence-corrected chi connectivity index (χ1v) is 27.7. The molecule has 17 unspecified atom stereocenters. The van der Waals surface area contributed by atoms with Crippen LogP contribution in [0.5, 0.6) is 0 Å². The summed E-state index contributed by atoms with van der Waals surface area (Å²) < 4.78 is 34.1. The van der Waals surface area contributed by atoms with Crippen molar-refractivity contribution < 1.29 is 89.4 Å². The number of amides is 1. The van der Waals surface area contributed by atoms with Crippen molar-refractivity contribution in [3.05, 3.63) is 72.9 Å². The van der Waals surface area contributed by atoms with Crippen molar-refractivity contribution in [1.29, 1.82) is 0 Å². The number of carbonyl (C=O) groups is 1. The second kappa shape index (κ2) is 39.6. The molecule has 19 heteroatoms. The van der Waals surface area contributed by atoms with Crippen molar-refractivity contribution in [2.75, 3.05) is 26.4 Å². The average molecular weight is 1070 g/mol. The summed E-state index contributed by atoms with van der Waals surface area (Å²) in [4.78, 5) is 13.2. The van der Waals surface area contributed by atoms with E-state index in [1.807, 2.05) is 18.2 Å². The van der Waals surface area contributed by atoms with Gasteiger partial charge in [-0.1, -0.05) is 151 Å². The highest BCUT2D eigenvalue weighted by Gasteiger charge is 2.53. The maximum absolute atomic E-state index is 13.2. The second-order valence-corrected chi connectivity index (χ2v) is 19.7. The van der Waals surface area contributed by atoms with E-state index in [-0.39, 0.29) is 18.9 Å². The number of hydrogen-bond acceptors (Lipinski definition) is 18. The van der Waals surface area contributed by atoms with Gasteiger partial charge in [0.05, 0.1) is 38.6 Å². The summed E-state index contributed by atoms with van der Waals surface area (Å²) in [5.74, 6) is -0.337. The van der Waals surface area contributed by atoms with Gasteiger partial charge in [0.15, 0.2) is 18.9 Å². The lowest BCUT2D eigenvalue weighted by atomic mass is 9.96. The molecule has 0 saturated carbocycles. The van der Waals surface area contributed by atoms with Gasteiger partial charge in [-0.25, -0.2) is 0 Å². The fraction of sp³-hybridized carbons (Fsp3) is 0.768. The number of rotatable bonds is 38. The summed E-state index contributed by atoms with van der Waals surface area (Å²) in [5, 5.41) is 120. The minimum Gasteiger partial charge on any atom is -0.394 e. The van der Waals surface area contributed by atoms with Gasteiger partial charge in [-0.3, -0.25) is 4.79 Å². The summed E-state index contributed by atoms with van der Waals surface area (Å²) in [7, 11) is 0. The Balaban J connectivity index is 1.56. The highest BCUT2D eigenvalue weighted by Crippen LogP contribution is 2.33. The Morgan fingerprint density at radius 3 is 1.43 bits per heavy atom. The smallest absolute Gasteiger partial charge is 0.220 e. The van der Waals surface area contributed by atoms with Gasteiger partial charge >= 0.3 is 0 Å². The maximum atomic E-state index is 13.2. The largest absolute Gasteiger partial charge is 0.394 e. The third kappa shape index (κ3) is 24.4. The lowest BCUT2D eigenvalue weighted by Crippen LogP contribution is -2.66. The fourth-order valence-corrected chi connectivity index (χ4v) is 8.93. The normalized spacial score (nSPS) is 31.8. The molecule has 0 aliphatic carbocycles. The van der Waals surface area contributed by atoms with Crippen LogP contribution in [0.1, 0.15) is 142 Å². The van der Waals surface area contributed by atoms with E-state index in [1.54, 1.807) is 6.08 Å². The Morgan fingerprint density at radius 1 is 0.493 bits per heavy atom. The molecule has 3 saturated heterocycles. The molecule has 0 aromatic heterocycles. The number of allylic oxidation sites excluding steroid dienone is 11. The van der Waals surface area contributed by atoms with E-state index >= 15 is 0 Å². The minimum absolute atomic E-state index is 0.161. The molecule has 0 aromatic carbocycles. The predicted molar refractivity (Wildman–Crippen MR) is 281 cm³/mol. The summed E-state index contributed by atoms with van der Waals surface area (Å²) in [5.41, 5.74) is 0. The zero-order chi connectivity index (χ0) is 54.8. The van der Waals surface area contributed by atoms with E-state index in [0.717, 1.165) is 57.8 Å². The third-order valence-electron chi connectivity index (χ3n) is 13.5. The molecular weight excluding hydrogens is 975 g/mol. The molecule has 3 rings (SSSR count). The molecule has 3 fully saturated rings. The number of nitrogens with one attached hydrogen (secondary N) is 1. The van der Waals surface area contributed by atoms with Crippen LogP contribution in [0.2, 0.25) is 0 Å². The van der Waals surface area contributed by atoms with Gasteiger partial charge in [0.25, 0.3) is 0 Å². The summed E-state index contributed by atoms with van der Waals surface area (Å²) in [6.45, 7) is 1.52. The Bertz CT molecular complexity index is 1660. The van der Waals surface area contributed by atoms with Crippen LogP contribution < -0.4 is 5.32 Å². The van der Waals surface area contributed by atoms with E-state index in [9.17, 15) is 61.0 Å². The van der Waals surface area contributed by atoms with Crippen LogP contribution in [0.3, 0.4) is 0 Å². The Morgan fingerprint density at radius 2 is 0.920 bits per heavy atom. The van der Waals surface area contributed by atoms with E-state index in [0.29, 0.717) is 12.8 Å². The molecule has 0 spiro atoms. The van der Waals surface area contributed by atoms with Crippen molar-refractivity contribution in [3.8, 4) is 0 Å². The van der Waals surface area contributed by atoms with Crippen LogP contribution in [-0.4, -0.2) is 193 Å². The van der Waals surface area contributed by atoms with Crippen LogP contribution in [0, 0.1) is 0 Å². The molecule has 75 heavy (non-hydrogen) atoms. The third-order valence-corrected chi connectivity index (χ3v) is 13.5. The van der Waals surface area contributed by atoms with Gasteiger partial charge in [0.2, 0.25) is 5.91 Å². The topological polar surface area (TPSA) is 307 Å². The highest BCUT2D eigenvalue weighted by atomic mass is 16.8. The van der Waals surface area contributed by atoms with Crippen LogP contribution in [0.15, 0.2) is 72.9 Å². The molecule has 0 radical (unpaired) electrons.